The van der Waals surface area contributed by atoms with E-state index in [9.17, 15) is 4.79 Å². The van der Waals surface area contributed by atoms with Crippen LogP contribution in [0.5, 0.6) is 0 Å². The number of alkyl carbamates (subject to hydrolysis) is 1. The number of carbonyl (C=O) groups is 1. The van der Waals surface area contributed by atoms with E-state index in [2.05, 4.69) is 127 Å². The Morgan fingerprint density at radius 1 is 0.854 bits per heavy atom. The summed E-state index contributed by atoms with van der Waals surface area (Å²) in [5.41, 5.74) is 4.43. The molecule has 0 aliphatic carbocycles. The van der Waals surface area contributed by atoms with Crippen LogP contribution in [-0.4, -0.2) is 39.6 Å². The molecule has 0 aromatic heterocycles. The van der Waals surface area contributed by atoms with Crippen molar-refractivity contribution in [1.29, 1.82) is 0 Å². The molecule has 0 radical (unpaired) electrons. The summed E-state index contributed by atoms with van der Waals surface area (Å²) in [6.07, 6.45) is 4.25. The SMILES string of the molecule is CCCCNC(=O)OC1CNC(C(O[Si](C)(C)C)(c2ccc(C(C)(C)CC)cc2)c2ccc(C(C)(C)CC)cc2)C1. The van der Waals surface area contributed by atoms with Gasteiger partial charge in [0.1, 0.15) is 11.7 Å². The molecule has 2 N–H and O–H groups in total. The van der Waals surface area contributed by atoms with Gasteiger partial charge in [0.2, 0.25) is 0 Å². The van der Waals surface area contributed by atoms with E-state index in [0.29, 0.717) is 19.5 Å². The molecule has 228 valence electrons. The molecule has 2 unspecified atom stereocenters. The fraction of sp³-hybridized carbons (Fsp3) is 0.629. The van der Waals surface area contributed by atoms with E-state index in [-0.39, 0.29) is 29.1 Å². The van der Waals surface area contributed by atoms with Gasteiger partial charge in [0.15, 0.2) is 8.32 Å². The fourth-order valence-electron chi connectivity index (χ4n) is 5.65. The number of benzene rings is 2. The van der Waals surface area contributed by atoms with Crippen LogP contribution in [0.3, 0.4) is 0 Å². The Bertz CT molecular complexity index is 1060. The minimum Gasteiger partial charge on any atom is -0.445 e. The first-order valence-corrected chi connectivity index (χ1v) is 19.2. The quantitative estimate of drug-likeness (QED) is 0.184. The average molecular weight is 581 g/mol. The van der Waals surface area contributed by atoms with E-state index in [4.69, 9.17) is 9.16 Å². The third kappa shape index (κ3) is 8.03. The molecule has 0 bridgehead atoms. The van der Waals surface area contributed by atoms with E-state index in [1.54, 1.807) is 0 Å². The number of amides is 1. The zero-order valence-electron chi connectivity index (χ0n) is 27.4. The molecule has 1 saturated heterocycles. The number of hydrogen-bond donors (Lipinski definition) is 2. The minimum atomic E-state index is -2.08. The molecule has 6 heteroatoms. The van der Waals surface area contributed by atoms with Crippen LogP contribution in [0, 0.1) is 0 Å². The van der Waals surface area contributed by atoms with Crippen molar-refractivity contribution in [3.05, 3.63) is 70.8 Å². The van der Waals surface area contributed by atoms with Gasteiger partial charge in [0.25, 0.3) is 0 Å². The topological polar surface area (TPSA) is 59.6 Å². The first kappa shape index (κ1) is 33.4. The van der Waals surface area contributed by atoms with Crippen LogP contribution in [-0.2, 0) is 25.6 Å². The minimum absolute atomic E-state index is 0.0577. The highest BCUT2D eigenvalue weighted by molar-refractivity contribution is 6.69. The van der Waals surface area contributed by atoms with Crippen molar-refractivity contribution >= 4 is 14.4 Å². The van der Waals surface area contributed by atoms with Gasteiger partial charge in [-0.2, -0.15) is 0 Å². The number of unbranched alkanes of at least 4 members (excludes halogenated alkanes) is 1. The molecule has 1 heterocycles. The van der Waals surface area contributed by atoms with Gasteiger partial charge >= 0.3 is 6.09 Å². The number of rotatable bonds is 13. The molecule has 0 spiro atoms. The normalized spacial score (nSPS) is 18.4. The van der Waals surface area contributed by atoms with Gasteiger partial charge in [-0.05, 0) is 72.0 Å². The van der Waals surface area contributed by atoms with E-state index in [0.717, 1.165) is 36.8 Å². The zero-order valence-corrected chi connectivity index (χ0v) is 28.4. The number of carbonyl (C=O) groups excluding carboxylic acids is 1. The van der Waals surface area contributed by atoms with E-state index >= 15 is 0 Å². The molecule has 1 amide bonds. The van der Waals surface area contributed by atoms with Gasteiger partial charge < -0.3 is 19.8 Å². The van der Waals surface area contributed by atoms with Crippen LogP contribution in [0.1, 0.15) is 103 Å². The highest BCUT2D eigenvalue weighted by Gasteiger charge is 2.49. The largest absolute Gasteiger partial charge is 0.445 e. The van der Waals surface area contributed by atoms with Crippen LogP contribution in [0.15, 0.2) is 48.5 Å². The van der Waals surface area contributed by atoms with Crippen LogP contribution in [0.4, 0.5) is 4.79 Å². The summed E-state index contributed by atoms with van der Waals surface area (Å²) < 4.78 is 13.2. The lowest BCUT2D eigenvalue weighted by Crippen LogP contribution is -2.53. The molecular weight excluding hydrogens is 524 g/mol. The second kappa shape index (κ2) is 13.4. The average Bonchev–Trinajstić information content (AvgIpc) is 3.40. The van der Waals surface area contributed by atoms with Crippen molar-refractivity contribution in [1.82, 2.24) is 10.6 Å². The number of ether oxygens (including phenoxy) is 1. The molecule has 2 aromatic carbocycles. The standard InChI is InChI=1S/C35H56N2O3Si/c1-11-14-23-36-32(38)39-30-24-31(37-25-30)35(40-41(8,9)10,28-19-15-26(16-20-28)33(4,5)12-2)29-21-17-27(18-22-29)34(6,7)13-3/h15-22,30-31,37H,11-14,23-25H2,1-10H3,(H,36,38). The van der Waals surface area contributed by atoms with Gasteiger partial charge in [0.05, 0.1) is 0 Å². The summed E-state index contributed by atoms with van der Waals surface area (Å²) in [7, 11) is -2.08. The summed E-state index contributed by atoms with van der Waals surface area (Å²) in [6, 6.07) is 18.1. The monoisotopic (exact) mass is 580 g/mol. The van der Waals surface area contributed by atoms with Crippen molar-refractivity contribution < 1.29 is 14.0 Å². The summed E-state index contributed by atoms with van der Waals surface area (Å²) in [5, 5.41) is 6.65. The zero-order chi connectivity index (χ0) is 30.5. The molecule has 1 aliphatic heterocycles. The highest BCUT2D eigenvalue weighted by Crippen LogP contribution is 2.44. The Morgan fingerprint density at radius 2 is 1.32 bits per heavy atom. The maximum atomic E-state index is 12.5. The lowest BCUT2D eigenvalue weighted by Gasteiger charge is -2.45. The summed E-state index contributed by atoms with van der Waals surface area (Å²) in [5.74, 6) is 0. The Hall–Kier alpha value is -2.15. The summed E-state index contributed by atoms with van der Waals surface area (Å²) in [6.45, 7) is 23.8. The fourth-order valence-corrected chi connectivity index (χ4v) is 6.99. The summed E-state index contributed by atoms with van der Waals surface area (Å²) in [4.78, 5) is 12.5. The molecule has 0 saturated carbocycles. The van der Waals surface area contributed by atoms with Crippen molar-refractivity contribution in [2.24, 2.45) is 0 Å². The van der Waals surface area contributed by atoms with Crippen molar-refractivity contribution in [3.63, 3.8) is 0 Å². The van der Waals surface area contributed by atoms with Crippen molar-refractivity contribution in [2.75, 3.05) is 13.1 Å². The maximum absolute atomic E-state index is 12.5. The Morgan fingerprint density at radius 3 is 1.73 bits per heavy atom. The second-order valence-corrected chi connectivity index (χ2v) is 18.5. The van der Waals surface area contributed by atoms with Crippen LogP contribution in [0.2, 0.25) is 19.6 Å². The van der Waals surface area contributed by atoms with Crippen molar-refractivity contribution in [2.45, 2.75) is 129 Å². The molecule has 3 rings (SSSR count). The first-order chi connectivity index (χ1) is 19.2. The Kier molecular flexibility index (Phi) is 10.9. The Labute approximate surface area is 251 Å². The van der Waals surface area contributed by atoms with E-state index in [1.807, 2.05) is 0 Å². The molecule has 41 heavy (non-hydrogen) atoms. The predicted molar refractivity (Wildman–Crippen MR) is 174 cm³/mol. The lowest BCUT2D eigenvalue weighted by atomic mass is 9.75. The highest BCUT2D eigenvalue weighted by atomic mass is 28.4. The molecule has 5 nitrogen and oxygen atoms in total. The van der Waals surface area contributed by atoms with Crippen LogP contribution >= 0.6 is 0 Å². The van der Waals surface area contributed by atoms with Crippen LogP contribution < -0.4 is 10.6 Å². The maximum Gasteiger partial charge on any atom is 0.407 e. The first-order valence-electron chi connectivity index (χ1n) is 15.8. The van der Waals surface area contributed by atoms with Gasteiger partial charge in [-0.25, -0.2) is 4.79 Å². The van der Waals surface area contributed by atoms with Gasteiger partial charge in [0, 0.05) is 25.6 Å². The number of nitrogens with one attached hydrogen (secondary N) is 2. The molecule has 1 aliphatic rings. The summed E-state index contributed by atoms with van der Waals surface area (Å²) >= 11 is 0. The molecule has 1 fully saturated rings. The third-order valence-electron chi connectivity index (χ3n) is 9.08. The Balaban J connectivity index is 2.10. The van der Waals surface area contributed by atoms with Crippen LogP contribution in [0.25, 0.3) is 0 Å². The van der Waals surface area contributed by atoms with Gasteiger partial charge in [-0.3, -0.25) is 0 Å². The van der Waals surface area contributed by atoms with E-state index < -0.39 is 13.9 Å². The third-order valence-corrected chi connectivity index (χ3v) is 10.0. The second-order valence-electron chi connectivity index (χ2n) is 14.1. The predicted octanol–water partition coefficient (Wildman–Crippen LogP) is 8.41. The van der Waals surface area contributed by atoms with Gasteiger partial charge in [-0.1, -0.05) is 103 Å². The molecule has 2 aromatic rings. The molecule has 2 atom stereocenters. The smallest absolute Gasteiger partial charge is 0.407 e. The molecular formula is C35H56N2O3Si. The van der Waals surface area contributed by atoms with Gasteiger partial charge in [-0.15, -0.1) is 0 Å². The van der Waals surface area contributed by atoms with E-state index in [1.165, 1.54) is 11.1 Å². The number of hydrogen-bond acceptors (Lipinski definition) is 4. The van der Waals surface area contributed by atoms with Crippen molar-refractivity contribution in [3.8, 4) is 0 Å². The lowest BCUT2D eigenvalue weighted by molar-refractivity contribution is 0.0544.